The Morgan fingerprint density at radius 3 is 1.97 bits per heavy atom. The maximum absolute atomic E-state index is 13.6. The fraction of sp³-hybridized carbons (Fsp3) is 0.207. The lowest BCUT2D eigenvalue weighted by Crippen LogP contribution is -2.46. The zero-order valence-electron chi connectivity index (χ0n) is 20.6. The van der Waals surface area contributed by atoms with Gasteiger partial charge in [-0.2, -0.15) is 13.2 Å². The van der Waals surface area contributed by atoms with E-state index in [4.69, 9.17) is 28.9 Å². The molecule has 0 bridgehead atoms. The summed E-state index contributed by atoms with van der Waals surface area (Å²) in [7, 11) is 0. The van der Waals surface area contributed by atoms with E-state index in [9.17, 15) is 18.0 Å². The molecule has 4 aromatic rings. The van der Waals surface area contributed by atoms with Crippen molar-refractivity contribution in [1.29, 1.82) is 0 Å². The zero-order valence-corrected chi connectivity index (χ0v) is 23.0. The van der Waals surface area contributed by atoms with Crippen molar-refractivity contribution in [3.8, 4) is 10.4 Å². The smallest absolute Gasteiger partial charge is 0.390 e. The van der Waals surface area contributed by atoms with Gasteiger partial charge in [-0.1, -0.05) is 35.3 Å². The van der Waals surface area contributed by atoms with Crippen molar-refractivity contribution in [1.82, 2.24) is 4.90 Å². The lowest BCUT2D eigenvalue weighted by Gasteiger charge is -2.36. The largest absolute Gasteiger partial charge is 0.416 e. The van der Waals surface area contributed by atoms with Gasteiger partial charge in [-0.15, -0.1) is 11.3 Å². The van der Waals surface area contributed by atoms with E-state index >= 15 is 0 Å². The molecule has 0 saturated carbocycles. The summed E-state index contributed by atoms with van der Waals surface area (Å²) in [6, 6.07) is 19.4. The van der Waals surface area contributed by atoms with Gasteiger partial charge in [0.2, 0.25) is 0 Å². The van der Waals surface area contributed by atoms with Gasteiger partial charge >= 0.3 is 6.18 Å². The van der Waals surface area contributed by atoms with Crippen LogP contribution in [-0.2, 0) is 12.7 Å². The number of carbonyl (C=O) groups is 1. The van der Waals surface area contributed by atoms with Gasteiger partial charge in [0, 0.05) is 58.9 Å². The minimum absolute atomic E-state index is 0.168. The van der Waals surface area contributed by atoms with Gasteiger partial charge in [0.25, 0.3) is 0 Å². The van der Waals surface area contributed by atoms with Crippen molar-refractivity contribution in [3.05, 3.63) is 105 Å². The normalized spacial score (nSPS) is 14.5. The molecular weight excluding hydrogens is 566 g/mol. The number of hydrogen-bond donors (Lipinski definition) is 1. The first-order valence-corrected chi connectivity index (χ1v) is 13.8. The Kier molecular flexibility index (Phi) is 7.91. The third-order valence-electron chi connectivity index (χ3n) is 6.79. The number of carbonyl (C=O) groups excluding carboxylic acids is 1. The van der Waals surface area contributed by atoms with Crippen LogP contribution >= 0.6 is 34.5 Å². The molecule has 2 N–H and O–H groups in total. The maximum Gasteiger partial charge on any atom is 0.416 e. The molecule has 5 rings (SSSR count). The number of thiophene rings is 1. The molecule has 0 amide bonds. The van der Waals surface area contributed by atoms with Crippen LogP contribution in [0.1, 0.15) is 27.0 Å². The molecule has 0 atom stereocenters. The molecular formula is C29H24Cl2F3N3OS. The molecule has 39 heavy (non-hydrogen) atoms. The molecule has 1 aliphatic heterocycles. The van der Waals surface area contributed by atoms with E-state index in [0.29, 0.717) is 58.9 Å². The van der Waals surface area contributed by atoms with E-state index < -0.39 is 11.7 Å². The van der Waals surface area contributed by atoms with Gasteiger partial charge in [-0.25, -0.2) is 0 Å². The number of nitrogens with two attached hydrogens (primary N) is 1. The summed E-state index contributed by atoms with van der Waals surface area (Å²) in [4.78, 5) is 18.8. The molecule has 2 heterocycles. The molecule has 0 radical (unpaired) electrons. The molecule has 3 aromatic carbocycles. The van der Waals surface area contributed by atoms with Crippen molar-refractivity contribution >= 4 is 51.0 Å². The van der Waals surface area contributed by atoms with Crippen LogP contribution in [0.25, 0.3) is 10.4 Å². The van der Waals surface area contributed by atoms with Crippen LogP contribution in [0.15, 0.2) is 72.8 Å². The van der Waals surface area contributed by atoms with Gasteiger partial charge in [0.05, 0.1) is 16.1 Å². The molecule has 0 aliphatic carbocycles. The second kappa shape index (κ2) is 11.2. The second-order valence-corrected chi connectivity index (χ2v) is 11.2. The third-order valence-corrected chi connectivity index (χ3v) is 8.40. The minimum atomic E-state index is -4.36. The maximum atomic E-state index is 13.6. The first kappa shape index (κ1) is 27.5. The molecule has 4 nitrogen and oxygen atoms in total. The van der Waals surface area contributed by atoms with Crippen molar-refractivity contribution in [2.75, 3.05) is 36.8 Å². The van der Waals surface area contributed by atoms with E-state index in [1.807, 2.05) is 12.1 Å². The van der Waals surface area contributed by atoms with E-state index in [-0.39, 0.29) is 5.78 Å². The van der Waals surface area contributed by atoms with Crippen molar-refractivity contribution in [3.63, 3.8) is 0 Å². The van der Waals surface area contributed by atoms with Crippen LogP contribution in [-0.4, -0.2) is 36.9 Å². The fourth-order valence-electron chi connectivity index (χ4n) is 4.71. The van der Waals surface area contributed by atoms with Gasteiger partial charge in [0.1, 0.15) is 0 Å². The van der Waals surface area contributed by atoms with Gasteiger partial charge in [0.15, 0.2) is 5.78 Å². The third kappa shape index (κ3) is 6.09. The second-order valence-electron chi connectivity index (χ2n) is 9.30. The Morgan fingerprint density at radius 1 is 0.846 bits per heavy atom. The molecule has 0 spiro atoms. The predicted molar refractivity (Wildman–Crippen MR) is 153 cm³/mol. The van der Waals surface area contributed by atoms with Crippen LogP contribution in [0.5, 0.6) is 0 Å². The van der Waals surface area contributed by atoms with Crippen LogP contribution in [0, 0.1) is 0 Å². The number of alkyl halides is 3. The lowest BCUT2D eigenvalue weighted by molar-refractivity contribution is -0.137. The topological polar surface area (TPSA) is 49.6 Å². The highest BCUT2D eigenvalue weighted by Gasteiger charge is 2.31. The SMILES string of the molecule is Nc1sc(-c2ccc(Cl)cc2)c(CN2CCN(c3ccc(C(F)(F)F)cc3)CC2)c1C(=O)c1ccc(Cl)cc1. The average molecular weight is 590 g/mol. The van der Waals surface area contributed by atoms with Crippen molar-refractivity contribution in [2.45, 2.75) is 12.7 Å². The van der Waals surface area contributed by atoms with E-state index in [1.54, 1.807) is 36.4 Å². The Labute approximate surface area is 238 Å². The number of nitrogens with zero attached hydrogens (tertiary/aromatic N) is 2. The highest BCUT2D eigenvalue weighted by atomic mass is 35.5. The predicted octanol–water partition coefficient (Wildman–Crippen LogP) is 7.88. The number of benzene rings is 3. The molecule has 1 aliphatic rings. The first-order chi connectivity index (χ1) is 18.6. The Morgan fingerprint density at radius 2 is 1.41 bits per heavy atom. The van der Waals surface area contributed by atoms with Crippen molar-refractivity contribution in [2.24, 2.45) is 0 Å². The van der Waals surface area contributed by atoms with Crippen LogP contribution < -0.4 is 10.6 Å². The van der Waals surface area contributed by atoms with Crippen LogP contribution in [0.3, 0.4) is 0 Å². The number of hydrogen-bond acceptors (Lipinski definition) is 5. The average Bonchev–Trinajstić information content (AvgIpc) is 3.24. The number of ketones is 1. The summed E-state index contributed by atoms with van der Waals surface area (Å²) in [6.07, 6.45) is -4.36. The molecule has 1 fully saturated rings. The van der Waals surface area contributed by atoms with Crippen molar-refractivity contribution < 1.29 is 18.0 Å². The van der Waals surface area contributed by atoms with Gasteiger partial charge in [-0.3, -0.25) is 9.69 Å². The van der Waals surface area contributed by atoms with Crippen LogP contribution in [0.4, 0.5) is 23.9 Å². The number of nitrogen functional groups attached to an aromatic ring is 1. The monoisotopic (exact) mass is 589 g/mol. The lowest BCUT2D eigenvalue weighted by atomic mass is 9.97. The Balaban J connectivity index is 1.40. The highest BCUT2D eigenvalue weighted by Crippen LogP contribution is 2.41. The summed E-state index contributed by atoms with van der Waals surface area (Å²) >= 11 is 13.5. The Hall–Kier alpha value is -3.04. The fourth-order valence-corrected chi connectivity index (χ4v) is 6.05. The number of rotatable bonds is 6. The van der Waals surface area contributed by atoms with Crippen LogP contribution in [0.2, 0.25) is 10.0 Å². The molecule has 1 aromatic heterocycles. The molecule has 1 saturated heterocycles. The number of halogens is 5. The quantitative estimate of drug-likeness (QED) is 0.232. The minimum Gasteiger partial charge on any atom is -0.390 e. The Bertz CT molecular complexity index is 1460. The van der Waals surface area contributed by atoms with Gasteiger partial charge < -0.3 is 10.6 Å². The summed E-state index contributed by atoms with van der Waals surface area (Å²) < 4.78 is 38.8. The summed E-state index contributed by atoms with van der Waals surface area (Å²) in [5.41, 5.74) is 9.31. The first-order valence-electron chi connectivity index (χ1n) is 12.2. The van der Waals surface area contributed by atoms with E-state index in [2.05, 4.69) is 9.80 Å². The zero-order chi connectivity index (χ0) is 27.7. The summed E-state index contributed by atoms with van der Waals surface area (Å²) in [5.74, 6) is -0.168. The summed E-state index contributed by atoms with van der Waals surface area (Å²) in [6.45, 7) is 3.13. The van der Waals surface area contributed by atoms with E-state index in [1.165, 1.54) is 23.5 Å². The molecule has 10 heteroatoms. The van der Waals surface area contributed by atoms with Gasteiger partial charge in [-0.05, 0) is 71.8 Å². The number of anilines is 2. The standard InChI is InChI=1S/C29H24Cl2F3N3OS/c30-21-7-1-18(2-8-21)26(38)25-24(27(39-28(25)35)19-3-9-22(31)10-4-19)17-36-13-15-37(16-14-36)23-11-5-20(6-12-23)29(32,33)34/h1-12H,13-17,35H2. The van der Waals surface area contributed by atoms with E-state index in [0.717, 1.165) is 33.8 Å². The highest BCUT2D eigenvalue weighted by molar-refractivity contribution is 7.20. The molecule has 202 valence electrons. The molecule has 0 unspecified atom stereocenters. The summed E-state index contributed by atoms with van der Waals surface area (Å²) in [5, 5.41) is 1.60. The number of piperazine rings is 1.